The number of likely N-dealkylation sites (N-methyl/N-ethyl adjacent to an activating group) is 1. The average Bonchev–Trinajstić information content (AvgIpc) is 3.28. The first-order valence-electron chi connectivity index (χ1n) is 12.2. The van der Waals surface area contributed by atoms with Crippen LogP contribution in [0.25, 0.3) is 10.1 Å². The van der Waals surface area contributed by atoms with Gasteiger partial charge in [-0.3, -0.25) is 0 Å². The molecule has 34 heavy (non-hydrogen) atoms. The van der Waals surface area contributed by atoms with Gasteiger partial charge in [0.1, 0.15) is 6.61 Å². The first-order valence-corrected chi connectivity index (χ1v) is 13.0. The van der Waals surface area contributed by atoms with E-state index in [1.807, 2.05) is 4.90 Å². The van der Waals surface area contributed by atoms with Crippen LogP contribution in [0.1, 0.15) is 16.0 Å². The van der Waals surface area contributed by atoms with Gasteiger partial charge in [-0.25, -0.2) is 4.79 Å². The van der Waals surface area contributed by atoms with Crippen molar-refractivity contribution in [1.82, 2.24) is 9.80 Å². The Labute approximate surface area is 206 Å². The number of benzene rings is 2. The summed E-state index contributed by atoms with van der Waals surface area (Å²) in [4.78, 5) is 22.9. The standard InChI is InChI=1S/C27H34N4O2S/c1-20-6-4-7-24(21(20)2)29-14-16-31(17-15-29)27(32)33-19-22-18-23-25(8-5-9-26(23)34-22)30-12-10-28(3)11-13-30/h4-9,18H,10-17,19H2,1-3H3. The van der Waals surface area contributed by atoms with Crippen LogP contribution < -0.4 is 9.80 Å². The largest absolute Gasteiger partial charge is 0.444 e. The Bertz CT molecular complexity index is 1160. The summed E-state index contributed by atoms with van der Waals surface area (Å²) in [5.74, 6) is 0. The minimum atomic E-state index is -0.211. The third-order valence-electron chi connectivity index (χ3n) is 7.23. The summed E-state index contributed by atoms with van der Waals surface area (Å²) in [6, 6.07) is 15.2. The Kier molecular flexibility index (Phi) is 6.66. The number of ether oxygens (including phenoxy) is 1. The van der Waals surface area contributed by atoms with Crippen LogP contribution in [0.5, 0.6) is 0 Å². The highest BCUT2D eigenvalue weighted by atomic mass is 32.1. The highest BCUT2D eigenvalue weighted by Gasteiger charge is 2.24. The van der Waals surface area contributed by atoms with Gasteiger partial charge < -0.3 is 24.3 Å². The Morgan fingerprint density at radius 1 is 0.882 bits per heavy atom. The van der Waals surface area contributed by atoms with Crippen LogP contribution in [-0.2, 0) is 11.3 Å². The van der Waals surface area contributed by atoms with Crippen molar-refractivity contribution in [2.24, 2.45) is 0 Å². The Morgan fingerprint density at radius 2 is 1.53 bits per heavy atom. The molecular weight excluding hydrogens is 444 g/mol. The number of nitrogens with zero attached hydrogens (tertiary/aromatic N) is 4. The fourth-order valence-corrected chi connectivity index (χ4v) is 5.92. The number of anilines is 2. The molecule has 2 aromatic carbocycles. The number of hydrogen-bond donors (Lipinski definition) is 0. The number of carbonyl (C=O) groups is 1. The second-order valence-corrected chi connectivity index (χ2v) is 10.6. The van der Waals surface area contributed by atoms with Crippen molar-refractivity contribution < 1.29 is 9.53 Å². The third-order valence-corrected chi connectivity index (χ3v) is 8.30. The maximum absolute atomic E-state index is 12.8. The molecule has 3 aromatic rings. The quantitative estimate of drug-likeness (QED) is 0.542. The predicted molar refractivity (Wildman–Crippen MR) is 141 cm³/mol. The molecule has 0 aliphatic carbocycles. The molecular formula is C27H34N4O2S. The molecule has 0 N–H and O–H groups in total. The van der Waals surface area contributed by atoms with Gasteiger partial charge in [0.15, 0.2) is 0 Å². The zero-order chi connectivity index (χ0) is 23.7. The summed E-state index contributed by atoms with van der Waals surface area (Å²) >= 11 is 1.72. The van der Waals surface area contributed by atoms with Crippen LogP contribution in [0.4, 0.5) is 16.2 Å². The van der Waals surface area contributed by atoms with Crippen molar-refractivity contribution >= 4 is 38.9 Å². The van der Waals surface area contributed by atoms with Crippen LogP contribution >= 0.6 is 11.3 Å². The lowest BCUT2D eigenvalue weighted by Gasteiger charge is -2.36. The predicted octanol–water partition coefficient (Wildman–Crippen LogP) is 4.73. The first-order chi connectivity index (χ1) is 16.5. The molecule has 0 radical (unpaired) electrons. The molecule has 1 amide bonds. The van der Waals surface area contributed by atoms with Gasteiger partial charge in [0.25, 0.3) is 0 Å². The van der Waals surface area contributed by atoms with Crippen molar-refractivity contribution in [1.29, 1.82) is 0 Å². The molecule has 180 valence electrons. The van der Waals surface area contributed by atoms with E-state index in [1.54, 1.807) is 11.3 Å². The Morgan fingerprint density at radius 3 is 2.29 bits per heavy atom. The topological polar surface area (TPSA) is 39.3 Å². The molecule has 0 spiro atoms. The number of carbonyl (C=O) groups excluding carboxylic acids is 1. The minimum absolute atomic E-state index is 0.211. The number of piperazine rings is 2. The summed E-state index contributed by atoms with van der Waals surface area (Å²) in [6.07, 6.45) is -0.211. The van der Waals surface area contributed by atoms with Gasteiger partial charge >= 0.3 is 6.09 Å². The summed E-state index contributed by atoms with van der Waals surface area (Å²) < 4.78 is 6.99. The van der Waals surface area contributed by atoms with E-state index >= 15 is 0 Å². The van der Waals surface area contributed by atoms with Gasteiger partial charge in [-0.2, -0.15) is 0 Å². The van der Waals surface area contributed by atoms with E-state index in [-0.39, 0.29) is 6.09 Å². The molecule has 5 rings (SSSR count). The van der Waals surface area contributed by atoms with Crippen molar-refractivity contribution in [3.63, 3.8) is 0 Å². The zero-order valence-corrected chi connectivity index (χ0v) is 21.2. The minimum Gasteiger partial charge on any atom is -0.444 e. The molecule has 0 atom stereocenters. The van der Waals surface area contributed by atoms with E-state index in [0.29, 0.717) is 19.7 Å². The summed E-state index contributed by atoms with van der Waals surface area (Å²) in [5.41, 5.74) is 5.19. The van der Waals surface area contributed by atoms with Crippen LogP contribution in [0, 0.1) is 13.8 Å². The van der Waals surface area contributed by atoms with Crippen molar-refractivity contribution in [2.75, 3.05) is 69.2 Å². The molecule has 0 unspecified atom stereocenters. The highest BCUT2D eigenvalue weighted by molar-refractivity contribution is 7.19. The molecule has 7 heteroatoms. The lowest BCUT2D eigenvalue weighted by atomic mass is 10.1. The maximum atomic E-state index is 12.8. The fraction of sp³-hybridized carbons (Fsp3) is 0.444. The van der Waals surface area contributed by atoms with Crippen LogP contribution in [0.3, 0.4) is 0 Å². The van der Waals surface area contributed by atoms with Crippen LogP contribution in [0.15, 0.2) is 42.5 Å². The second kappa shape index (κ2) is 9.84. The SMILES string of the molecule is Cc1cccc(N2CCN(C(=O)OCc3cc4c(N5CCN(C)CC5)cccc4s3)CC2)c1C. The number of rotatable bonds is 4. The molecule has 2 fully saturated rings. The fourth-order valence-electron chi connectivity index (χ4n) is 4.92. The second-order valence-electron chi connectivity index (χ2n) is 9.44. The van der Waals surface area contributed by atoms with E-state index in [0.717, 1.165) is 44.1 Å². The number of amides is 1. The average molecular weight is 479 g/mol. The molecule has 1 aromatic heterocycles. The number of thiophene rings is 1. The molecule has 2 aliphatic heterocycles. The lowest BCUT2D eigenvalue weighted by Crippen LogP contribution is -2.49. The van der Waals surface area contributed by atoms with E-state index in [4.69, 9.17) is 4.74 Å². The van der Waals surface area contributed by atoms with Gasteiger partial charge in [0.05, 0.1) is 0 Å². The van der Waals surface area contributed by atoms with Gasteiger partial charge in [0, 0.05) is 78.7 Å². The Balaban J connectivity index is 1.18. The van der Waals surface area contributed by atoms with Gasteiger partial charge in [0.2, 0.25) is 0 Å². The van der Waals surface area contributed by atoms with Gasteiger partial charge in [-0.1, -0.05) is 18.2 Å². The van der Waals surface area contributed by atoms with Gasteiger partial charge in [-0.15, -0.1) is 11.3 Å². The summed E-state index contributed by atoms with van der Waals surface area (Å²) in [5, 5.41) is 1.27. The normalized spacial score (nSPS) is 17.4. The van der Waals surface area contributed by atoms with Crippen molar-refractivity contribution in [3.05, 3.63) is 58.5 Å². The monoisotopic (exact) mass is 478 g/mol. The smallest absolute Gasteiger partial charge is 0.410 e. The van der Waals surface area contributed by atoms with Crippen molar-refractivity contribution in [2.45, 2.75) is 20.5 Å². The number of hydrogen-bond acceptors (Lipinski definition) is 6. The first kappa shape index (κ1) is 23.0. The third kappa shape index (κ3) is 4.72. The van der Waals surface area contributed by atoms with Crippen LogP contribution in [-0.4, -0.2) is 75.3 Å². The molecule has 6 nitrogen and oxygen atoms in total. The zero-order valence-electron chi connectivity index (χ0n) is 20.4. The molecule has 3 heterocycles. The molecule has 0 bridgehead atoms. The molecule has 0 saturated carbocycles. The van der Waals surface area contributed by atoms with E-state index < -0.39 is 0 Å². The maximum Gasteiger partial charge on any atom is 0.410 e. The summed E-state index contributed by atoms with van der Waals surface area (Å²) in [7, 11) is 2.18. The van der Waals surface area contributed by atoms with E-state index in [1.165, 1.54) is 32.6 Å². The molecule has 2 aliphatic rings. The summed E-state index contributed by atoms with van der Waals surface area (Å²) in [6.45, 7) is 11.9. The lowest BCUT2D eigenvalue weighted by molar-refractivity contribution is 0.0950. The van der Waals surface area contributed by atoms with E-state index in [2.05, 4.69) is 78.1 Å². The highest BCUT2D eigenvalue weighted by Crippen LogP contribution is 2.34. The Hall–Kier alpha value is -2.77. The van der Waals surface area contributed by atoms with E-state index in [9.17, 15) is 4.79 Å². The number of aryl methyl sites for hydroxylation is 1. The van der Waals surface area contributed by atoms with Crippen LogP contribution in [0.2, 0.25) is 0 Å². The van der Waals surface area contributed by atoms with Gasteiger partial charge in [-0.05, 0) is 56.3 Å². The van der Waals surface area contributed by atoms with Crippen molar-refractivity contribution in [3.8, 4) is 0 Å². The molecule has 2 saturated heterocycles. The number of fused-ring (bicyclic) bond motifs is 1.